The summed E-state index contributed by atoms with van der Waals surface area (Å²) in [5.74, 6) is 1.34. The number of nitrogens with one attached hydrogen (secondary N) is 1. The topological polar surface area (TPSA) is 81.4 Å². The molecule has 2 fully saturated rings. The molecular formula is C14H20N2O3S. The van der Waals surface area contributed by atoms with Crippen LogP contribution in [0.3, 0.4) is 0 Å². The van der Waals surface area contributed by atoms with Gasteiger partial charge >= 0.3 is 0 Å². The maximum atomic E-state index is 12.6. The molecule has 2 saturated carbocycles. The lowest BCUT2D eigenvalue weighted by Crippen LogP contribution is -2.38. The van der Waals surface area contributed by atoms with Crippen LogP contribution in [0.4, 0.5) is 5.69 Å². The molecule has 0 heterocycles. The Kier molecular flexibility index (Phi) is 3.38. The van der Waals surface area contributed by atoms with E-state index in [2.05, 4.69) is 4.72 Å². The van der Waals surface area contributed by atoms with E-state index in [1.54, 1.807) is 12.1 Å². The summed E-state index contributed by atoms with van der Waals surface area (Å²) in [6.07, 6.45) is 4.49. The third-order valence-electron chi connectivity index (χ3n) is 4.03. The zero-order chi connectivity index (χ0) is 14.3. The summed E-state index contributed by atoms with van der Waals surface area (Å²) in [5.41, 5.74) is 6.12. The third kappa shape index (κ3) is 2.76. The fraction of sp³-hybridized carbons (Fsp3) is 0.571. The second-order valence-electron chi connectivity index (χ2n) is 5.73. The normalized spacial score (nSPS) is 19.3. The van der Waals surface area contributed by atoms with Gasteiger partial charge in [0.05, 0.1) is 7.11 Å². The molecule has 1 aromatic carbocycles. The molecule has 3 N–H and O–H groups in total. The number of nitrogens with two attached hydrogens (primary N) is 1. The van der Waals surface area contributed by atoms with Crippen LogP contribution in [0.1, 0.15) is 25.7 Å². The quantitative estimate of drug-likeness (QED) is 0.784. The number of ether oxygens (including phenoxy) is 1. The van der Waals surface area contributed by atoms with Gasteiger partial charge in [0.15, 0.2) is 0 Å². The van der Waals surface area contributed by atoms with Crippen molar-refractivity contribution in [3.63, 3.8) is 0 Å². The predicted molar refractivity (Wildman–Crippen MR) is 77.0 cm³/mol. The first-order chi connectivity index (χ1) is 9.51. The van der Waals surface area contributed by atoms with Crippen molar-refractivity contribution in [1.29, 1.82) is 0 Å². The zero-order valence-electron chi connectivity index (χ0n) is 11.5. The van der Waals surface area contributed by atoms with Crippen LogP contribution in [-0.4, -0.2) is 21.6 Å². The Morgan fingerprint density at radius 2 is 1.85 bits per heavy atom. The molecule has 0 atom stereocenters. The number of anilines is 1. The molecule has 3 rings (SSSR count). The Hall–Kier alpha value is -1.27. The second kappa shape index (κ2) is 4.93. The Balaban J connectivity index is 1.88. The molecule has 0 aliphatic heterocycles. The van der Waals surface area contributed by atoms with Crippen LogP contribution in [0, 0.1) is 11.8 Å². The molecule has 0 bridgehead atoms. The lowest BCUT2D eigenvalue weighted by Gasteiger charge is -2.19. The van der Waals surface area contributed by atoms with Crippen LogP contribution in [0.5, 0.6) is 5.75 Å². The summed E-state index contributed by atoms with van der Waals surface area (Å²) >= 11 is 0. The van der Waals surface area contributed by atoms with Gasteiger partial charge < -0.3 is 10.5 Å². The maximum Gasteiger partial charge on any atom is 0.244 e. The summed E-state index contributed by atoms with van der Waals surface area (Å²) < 4.78 is 33.2. The molecule has 6 heteroatoms. The Morgan fingerprint density at radius 1 is 1.25 bits per heavy atom. The number of hydrogen-bond donors (Lipinski definition) is 2. The maximum absolute atomic E-state index is 12.6. The Bertz CT molecular complexity index is 595. The molecular weight excluding hydrogens is 276 g/mol. The average molecular weight is 296 g/mol. The van der Waals surface area contributed by atoms with Crippen molar-refractivity contribution < 1.29 is 13.2 Å². The summed E-state index contributed by atoms with van der Waals surface area (Å²) in [4.78, 5) is 0.131. The molecule has 0 amide bonds. The van der Waals surface area contributed by atoms with Crippen molar-refractivity contribution in [3.05, 3.63) is 18.2 Å². The minimum Gasteiger partial charge on any atom is -0.495 e. The minimum absolute atomic E-state index is 0.0751. The largest absolute Gasteiger partial charge is 0.495 e. The molecule has 5 nitrogen and oxygen atoms in total. The Morgan fingerprint density at radius 3 is 2.35 bits per heavy atom. The smallest absolute Gasteiger partial charge is 0.244 e. The standard InChI is InChI=1S/C14H20N2O3S/c1-19-12-7-6-11(15)8-13(12)20(17,18)16-14(9-2-3-9)10-4-5-10/h6-10,14,16H,2-5,15H2,1H3. The molecule has 20 heavy (non-hydrogen) atoms. The van der Waals surface area contributed by atoms with Gasteiger partial charge in [0.25, 0.3) is 0 Å². The van der Waals surface area contributed by atoms with Gasteiger partial charge in [-0.3, -0.25) is 0 Å². The van der Waals surface area contributed by atoms with Crippen LogP contribution < -0.4 is 15.2 Å². The van der Waals surface area contributed by atoms with E-state index in [0.29, 0.717) is 23.3 Å². The van der Waals surface area contributed by atoms with Crippen LogP contribution in [-0.2, 0) is 10.0 Å². The average Bonchev–Trinajstić information content (AvgIpc) is 3.29. The number of sulfonamides is 1. The van der Waals surface area contributed by atoms with E-state index in [0.717, 1.165) is 25.7 Å². The van der Waals surface area contributed by atoms with Crippen LogP contribution in [0.2, 0.25) is 0 Å². The first-order valence-corrected chi connectivity index (χ1v) is 8.45. The Labute approximate surface area is 119 Å². The zero-order valence-corrected chi connectivity index (χ0v) is 12.3. The van der Waals surface area contributed by atoms with Crippen molar-refractivity contribution in [2.45, 2.75) is 36.6 Å². The fourth-order valence-corrected chi connectivity index (χ4v) is 4.21. The molecule has 0 unspecified atom stereocenters. The van der Waals surface area contributed by atoms with Gasteiger partial charge in [-0.05, 0) is 55.7 Å². The molecule has 2 aliphatic carbocycles. The van der Waals surface area contributed by atoms with Gasteiger partial charge in [-0.25, -0.2) is 13.1 Å². The van der Waals surface area contributed by atoms with E-state index in [9.17, 15) is 8.42 Å². The molecule has 1 aromatic rings. The highest BCUT2D eigenvalue weighted by Gasteiger charge is 2.43. The first-order valence-electron chi connectivity index (χ1n) is 6.97. The number of nitrogen functional groups attached to an aromatic ring is 1. The number of hydrogen-bond acceptors (Lipinski definition) is 4. The lowest BCUT2D eigenvalue weighted by atomic mass is 10.1. The fourth-order valence-electron chi connectivity index (χ4n) is 2.63. The summed E-state index contributed by atoms with van der Waals surface area (Å²) in [6, 6.07) is 4.76. The highest BCUT2D eigenvalue weighted by atomic mass is 32.2. The van der Waals surface area contributed by atoms with Gasteiger partial charge in [0.1, 0.15) is 10.6 Å². The van der Waals surface area contributed by atoms with E-state index >= 15 is 0 Å². The van der Waals surface area contributed by atoms with Crippen molar-refractivity contribution in [2.75, 3.05) is 12.8 Å². The highest BCUT2D eigenvalue weighted by Crippen LogP contribution is 2.45. The van der Waals surface area contributed by atoms with Crippen molar-refractivity contribution in [1.82, 2.24) is 4.72 Å². The number of benzene rings is 1. The van der Waals surface area contributed by atoms with E-state index in [4.69, 9.17) is 10.5 Å². The SMILES string of the molecule is COc1ccc(N)cc1S(=O)(=O)NC(C1CC1)C1CC1. The third-order valence-corrected chi connectivity index (χ3v) is 5.51. The van der Waals surface area contributed by atoms with E-state index in [1.165, 1.54) is 13.2 Å². The molecule has 0 spiro atoms. The second-order valence-corrected chi connectivity index (χ2v) is 7.41. The van der Waals surface area contributed by atoms with Gasteiger partial charge in [-0.1, -0.05) is 0 Å². The molecule has 0 radical (unpaired) electrons. The summed E-state index contributed by atoms with van der Waals surface area (Å²) in [6.45, 7) is 0. The van der Waals surface area contributed by atoms with Gasteiger partial charge in [0, 0.05) is 11.7 Å². The van der Waals surface area contributed by atoms with Crippen LogP contribution >= 0.6 is 0 Å². The van der Waals surface area contributed by atoms with Gasteiger partial charge in [0.2, 0.25) is 10.0 Å². The molecule has 110 valence electrons. The van der Waals surface area contributed by atoms with E-state index in [-0.39, 0.29) is 10.9 Å². The van der Waals surface area contributed by atoms with Crippen molar-refractivity contribution in [2.24, 2.45) is 11.8 Å². The van der Waals surface area contributed by atoms with Crippen molar-refractivity contribution >= 4 is 15.7 Å². The van der Waals surface area contributed by atoms with E-state index in [1.807, 2.05) is 0 Å². The predicted octanol–water partition coefficient (Wildman–Crippen LogP) is 1.74. The highest BCUT2D eigenvalue weighted by molar-refractivity contribution is 7.89. The molecule has 0 aromatic heterocycles. The van der Waals surface area contributed by atoms with Crippen LogP contribution in [0.25, 0.3) is 0 Å². The molecule has 2 aliphatic rings. The van der Waals surface area contributed by atoms with Gasteiger partial charge in [-0.2, -0.15) is 0 Å². The first kappa shape index (κ1) is 13.7. The summed E-state index contributed by atoms with van der Waals surface area (Å²) in [5, 5.41) is 0. The number of methoxy groups -OCH3 is 1. The van der Waals surface area contributed by atoms with E-state index < -0.39 is 10.0 Å². The lowest BCUT2D eigenvalue weighted by molar-refractivity contribution is 0.401. The minimum atomic E-state index is -3.59. The van der Waals surface area contributed by atoms with Crippen molar-refractivity contribution in [3.8, 4) is 5.75 Å². The number of rotatable bonds is 6. The van der Waals surface area contributed by atoms with Crippen LogP contribution in [0.15, 0.2) is 23.1 Å². The van der Waals surface area contributed by atoms with Gasteiger partial charge in [-0.15, -0.1) is 0 Å². The molecule has 0 saturated heterocycles. The summed E-state index contributed by atoms with van der Waals surface area (Å²) in [7, 11) is -2.13. The monoisotopic (exact) mass is 296 g/mol.